The van der Waals surface area contributed by atoms with Gasteiger partial charge < -0.3 is 5.32 Å². The first kappa shape index (κ1) is 12.1. The second kappa shape index (κ2) is 5.82. The van der Waals surface area contributed by atoms with Crippen LogP contribution < -0.4 is 5.32 Å². The normalized spacial score (nSPS) is 12.6. The first-order valence-electron chi connectivity index (χ1n) is 5.63. The molecule has 0 amide bonds. The molecule has 0 bridgehead atoms. The van der Waals surface area contributed by atoms with Crippen LogP contribution in [0.5, 0.6) is 0 Å². The van der Waals surface area contributed by atoms with Crippen molar-refractivity contribution in [1.29, 1.82) is 0 Å². The van der Waals surface area contributed by atoms with Crippen LogP contribution in [-0.4, -0.2) is 33.0 Å². The highest BCUT2D eigenvalue weighted by atomic mass is 32.2. The summed E-state index contributed by atoms with van der Waals surface area (Å²) in [5.41, 5.74) is 1.52. The Morgan fingerprint density at radius 2 is 2.12 bits per heavy atom. The maximum absolute atomic E-state index is 4.43. The average Bonchev–Trinajstić information content (AvgIpc) is 2.36. The Kier molecular flexibility index (Phi) is 4.14. The summed E-state index contributed by atoms with van der Waals surface area (Å²) in [6.07, 6.45) is 6.59. The molecule has 0 spiro atoms. The molecule has 0 fully saturated rings. The average molecular weight is 248 g/mol. The lowest BCUT2D eigenvalue weighted by molar-refractivity contribution is 0.767. The van der Waals surface area contributed by atoms with Crippen molar-refractivity contribution >= 4 is 28.7 Å². The Balaban J connectivity index is 2.08. The van der Waals surface area contributed by atoms with Crippen molar-refractivity contribution in [3.8, 4) is 0 Å². The Labute approximate surface area is 105 Å². The van der Waals surface area contributed by atoms with Crippen LogP contribution in [0.4, 0.5) is 5.82 Å². The third-order valence-corrected chi connectivity index (χ3v) is 3.12. The number of nitrogens with one attached hydrogen (secondary N) is 1. The van der Waals surface area contributed by atoms with Crippen LogP contribution >= 0.6 is 11.8 Å². The number of pyridine rings is 1. The minimum absolute atomic E-state index is 0.420. The van der Waals surface area contributed by atoms with Crippen molar-refractivity contribution in [2.75, 3.05) is 17.3 Å². The molecule has 5 heteroatoms. The maximum atomic E-state index is 4.43. The SMILES string of the molecule is CSCCC(C)Nc1ccc2nccnc2n1. The number of hydrogen-bond donors (Lipinski definition) is 1. The minimum atomic E-state index is 0.420. The number of nitrogens with zero attached hydrogens (tertiary/aromatic N) is 3. The standard InChI is InChI=1S/C12H16N4S/c1-9(5-8-17-2)15-11-4-3-10-12(16-11)14-7-6-13-10/h3-4,6-7,9H,5,8H2,1-2H3,(H,14,15,16). The third kappa shape index (κ3) is 3.30. The van der Waals surface area contributed by atoms with Gasteiger partial charge in [0.25, 0.3) is 0 Å². The molecule has 1 atom stereocenters. The molecule has 0 radical (unpaired) electrons. The zero-order valence-corrected chi connectivity index (χ0v) is 10.9. The van der Waals surface area contributed by atoms with Crippen molar-refractivity contribution in [1.82, 2.24) is 15.0 Å². The zero-order chi connectivity index (χ0) is 12.1. The summed E-state index contributed by atoms with van der Waals surface area (Å²) in [7, 11) is 0. The molecular weight excluding hydrogens is 232 g/mol. The Bertz CT molecular complexity index is 489. The van der Waals surface area contributed by atoms with Gasteiger partial charge in [-0.2, -0.15) is 11.8 Å². The number of fused-ring (bicyclic) bond motifs is 1. The van der Waals surface area contributed by atoms with Crippen LogP contribution in [0.3, 0.4) is 0 Å². The van der Waals surface area contributed by atoms with Gasteiger partial charge in [0, 0.05) is 18.4 Å². The maximum Gasteiger partial charge on any atom is 0.180 e. The second-order valence-corrected chi connectivity index (χ2v) is 4.91. The van der Waals surface area contributed by atoms with E-state index in [0.717, 1.165) is 23.5 Å². The molecule has 2 aromatic rings. The monoisotopic (exact) mass is 248 g/mol. The minimum Gasteiger partial charge on any atom is -0.368 e. The summed E-state index contributed by atoms with van der Waals surface area (Å²) in [6.45, 7) is 2.17. The molecule has 2 aromatic heterocycles. The van der Waals surface area contributed by atoms with E-state index in [4.69, 9.17) is 0 Å². The van der Waals surface area contributed by atoms with Crippen LogP contribution in [0.25, 0.3) is 11.2 Å². The van der Waals surface area contributed by atoms with Gasteiger partial charge in [0.2, 0.25) is 0 Å². The lowest BCUT2D eigenvalue weighted by Crippen LogP contribution is -2.16. The van der Waals surface area contributed by atoms with Crippen molar-refractivity contribution in [2.45, 2.75) is 19.4 Å². The number of thioether (sulfide) groups is 1. The van der Waals surface area contributed by atoms with Gasteiger partial charge in [0.1, 0.15) is 11.3 Å². The highest BCUT2D eigenvalue weighted by Gasteiger charge is 2.04. The molecule has 90 valence electrons. The smallest absolute Gasteiger partial charge is 0.180 e. The van der Waals surface area contributed by atoms with Gasteiger partial charge in [-0.1, -0.05) is 0 Å². The van der Waals surface area contributed by atoms with Gasteiger partial charge in [-0.05, 0) is 37.5 Å². The van der Waals surface area contributed by atoms with Crippen LogP contribution in [0.15, 0.2) is 24.5 Å². The van der Waals surface area contributed by atoms with Crippen molar-refractivity contribution in [3.63, 3.8) is 0 Å². The van der Waals surface area contributed by atoms with Crippen molar-refractivity contribution in [3.05, 3.63) is 24.5 Å². The predicted molar refractivity (Wildman–Crippen MR) is 73.4 cm³/mol. The molecule has 0 aliphatic rings. The summed E-state index contributed by atoms with van der Waals surface area (Å²) >= 11 is 1.86. The van der Waals surface area contributed by atoms with Gasteiger partial charge in [-0.25, -0.2) is 9.97 Å². The van der Waals surface area contributed by atoms with E-state index in [2.05, 4.69) is 33.4 Å². The van der Waals surface area contributed by atoms with Crippen molar-refractivity contribution < 1.29 is 0 Å². The molecule has 17 heavy (non-hydrogen) atoms. The van der Waals surface area contributed by atoms with E-state index in [1.807, 2.05) is 23.9 Å². The Morgan fingerprint density at radius 3 is 2.94 bits per heavy atom. The molecule has 2 heterocycles. The lowest BCUT2D eigenvalue weighted by Gasteiger charge is -2.13. The lowest BCUT2D eigenvalue weighted by atomic mass is 10.2. The first-order chi connectivity index (χ1) is 8.29. The highest BCUT2D eigenvalue weighted by Crippen LogP contribution is 2.12. The molecular formula is C12H16N4S. The topological polar surface area (TPSA) is 50.7 Å². The highest BCUT2D eigenvalue weighted by molar-refractivity contribution is 7.98. The Hall–Kier alpha value is -1.36. The van der Waals surface area contributed by atoms with E-state index < -0.39 is 0 Å². The van der Waals surface area contributed by atoms with Crippen LogP contribution in [0.2, 0.25) is 0 Å². The van der Waals surface area contributed by atoms with E-state index >= 15 is 0 Å². The van der Waals surface area contributed by atoms with Crippen LogP contribution in [0.1, 0.15) is 13.3 Å². The molecule has 0 aliphatic heterocycles. The zero-order valence-electron chi connectivity index (χ0n) is 10.1. The number of anilines is 1. The summed E-state index contributed by atoms with van der Waals surface area (Å²) in [6, 6.07) is 4.31. The van der Waals surface area contributed by atoms with E-state index in [-0.39, 0.29) is 0 Å². The van der Waals surface area contributed by atoms with Gasteiger partial charge in [0.15, 0.2) is 5.65 Å². The van der Waals surface area contributed by atoms with Crippen LogP contribution in [-0.2, 0) is 0 Å². The molecule has 0 saturated heterocycles. The summed E-state index contributed by atoms with van der Waals surface area (Å²) in [5.74, 6) is 2.02. The number of aromatic nitrogens is 3. The fraction of sp³-hybridized carbons (Fsp3) is 0.417. The molecule has 0 aromatic carbocycles. The predicted octanol–water partition coefficient (Wildman–Crippen LogP) is 2.58. The molecule has 2 rings (SSSR count). The van der Waals surface area contributed by atoms with Gasteiger partial charge >= 0.3 is 0 Å². The number of hydrogen-bond acceptors (Lipinski definition) is 5. The van der Waals surface area contributed by atoms with E-state index in [0.29, 0.717) is 11.7 Å². The second-order valence-electron chi connectivity index (χ2n) is 3.92. The van der Waals surface area contributed by atoms with E-state index in [1.54, 1.807) is 12.4 Å². The molecule has 1 N–H and O–H groups in total. The number of rotatable bonds is 5. The summed E-state index contributed by atoms with van der Waals surface area (Å²) in [4.78, 5) is 12.8. The van der Waals surface area contributed by atoms with E-state index in [1.165, 1.54) is 0 Å². The largest absolute Gasteiger partial charge is 0.368 e. The van der Waals surface area contributed by atoms with Crippen molar-refractivity contribution in [2.24, 2.45) is 0 Å². The molecule has 4 nitrogen and oxygen atoms in total. The third-order valence-electron chi connectivity index (χ3n) is 2.48. The quantitative estimate of drug-likeness (QED) is 0.881. The van der Waals surface area contributed by atoms with Gasteiger partial charge in [-0.3, -0.25) is 4.98 Å². The molecule has 1 unspecified atom stereocenters. The van der Waals surface area contributed by atoms with E-state index in [9.17, 15) is 0 Å². The fourth-order valence-corrected chi connectivity index (χ4v) is 2.14. The van der Waals surface area contributed by atoms with Gasteiger partial charge in [0.05, 0.1) is 0 Å². The molecule has 0 saturated carbocycles. The van der Waals surface area contributed by atoms with Gasteiger partial charge in [-0.15, -0.1) is 0 Å². The molecule has 0 aliphatic carbocycles. The summed E-state index contributed by atoms with van der Waals surface area (Å²) < 4.78 is 0. The first-order valence-corrected chi connectivity index (χ1v) is 7.02. The fourth-order valence-electron chi connectivity index (χ4n) is 1.55. The Morgan fingerprint density at radius 1 is 1.29 bits per heavy atom. The van der Waals surface area contributed by atoms with Crippen LogP contribution in [0, 0.1) is 0 Å². The summed E-state index contributed by atoms with van der Waals surface area (Å²) in [5, 5.41) is 3.38.